The molecule has 5 nitrogen and oxygen atoms in total. The molecule has 0 fully saturated rings. The van der Waals surface area contributed by atoms with Crippen LogP contribution < -0.4 is 4.74 Å². The Morgan fingerprint density at radius 1 is 1.50 bits per heavy atom. The Kier molecular flexibility index (Phi) is 2.05. The fourth-order valence-electron chi connectivity index (χ4n) is 1.14. The van der Waals surface area contributed by atoms with Crippen LogP contribution in [0, 0.1) is 0 Å². The van der Waals surface area contributed by atoms with Crippen LogP contribution in [-0.2, 0) is 0 Å². The van der Waals surface area contributed by atoms with E-state index in [-0.39, 0.29) is 10.6 Å². The van der Waals surface area contributed by atoms with Crippen LogP contribution in [-0.4, -0.2) is 28.2 Å². The van der Waals surface area contributed by atoms with Crippen molar-refractivity contribution in [3.8, 4) is 5.75 Å². The number of ether oxygens (including phenoxy) is 1. The van der Waals surface area contributed by atoms with E-state index < -0.39 is 5.97 Å². The smallest absolute Gasteiger partial charge is 0.349 e. The highest BCUT2D eigenvalue weighted by atomic mass is 32.1. The molecular formula is C8H6N2O3S. The summed E-state index contributed by atoms with van der Waals surface area (Å²) in [5.41, 5.74) is 0.498. The zero-order valence-corrected chi connectivity index (χ0v) is 8.04. The zero-order chi connectivity index (χ0) is 10.1. The van der Waals surface area contributed by atoms with Crippen LogP contribution in [0.2, 0.25) is 0 Å². The fraction of sp³-hybridized carbons (Fsp3) is 0.125. The second-order valence-corrected chi connectivity index (χ2v) is 3.48. The molecule has 0 aliphatic rings. The minimum absolute atomic E-state index is 0.133. The lowest BCUT2D eigenvalue weighted by atomic mass is 10.4. The Balaban J connectivity index is 2.78. The largest absolute Gasteiger partial charge is 0.493 e. The summed E-state index contributed by atoms with van der Waals surface area (Å²) in [6, 6.07) is 0. The summed E-state index contributed by atoms with van der Waals surface area (Å²) in [5, 5.41) is 8.87. The second-order valence-electron chi connectivity index (χ2n) is 2.48. The number of methoxy groups -OCH3 is 1. The molecule has 2 heterocycles. The summed E-state index contributed by atoms with van der Waals surface area (Å²) in [4.78, 5) is 19.5. The van der Waals surface area contributed by atoms with Crippen LogP contribution in [0.25, 0.3) is 10.3 Å². The molecule has 6 heteroatoms. The normalized spacial score (nSPS) is 10.4. The Bertz CT molecular complexity index is 494. The van der Waals surface area contributed by atoms with Crippen molar-refractivity contribution in [3.63, 3.8) is 0 Å². The number of aromatic nitrogens is 2. The van der Waals surface area contributed by atoms with Gasteiger partial charge in [0.1, 0.15) is 10.3 Å². The van der Waals surface area contributed by atoms with Gasteiger partial charge in [0, 0.05) is 12.4 Å². The molecule has 72 valence electrons. The molecule has 0 unspecified atom stereocenters. The molecule has 0 radical (unpaired) electrons. The number of carboxylic acids is 1. The molecule has 0 saturated carbocycles. The monoisotopic (exact) mass is 210 g/mol. The number of carboxylic acid groups (broad SMARTS) is 1. The van der Waals surface area contributed by atoms with Gasteiger partial charge in [-0.1, -0.05) is 0 Å². The van der Waals surface area contributed by atoms with Crippen molar-refractivity contribution < 1.29 is 14.6 Å². The summed E-state index contributed by atoms with van der Waals surface area (Å²) in [5.74, 6) is -0.739. The highest BCUT2D eigenvalue weighted by Gasteiger charge is 2.19. The van der Waals surface area contributed by atoms with Crippen molar-refractivity contribution in [3.05, 3.63) is 17.3 Å². The first-order valence-electron chi connectivity index (χ1n) is 3.75. The van der Waals surface area contributed by atoms with Gasteiger partial charge in [0.25, 0.3) is 0 Å². The topological polar surface area (TPSA) is 72.3 Å². The van der Waals surface area contributed by atoms with Gasteiger partial charge in [-0.2, -0.15) is 0 Å². The Morgan fingerprint density at radius 2 is 2.21 bits per heavy atom. The number of hydrogen-bond acceptors (Lipinski definition) is 5. The van der Waals surface area contributed by atoms with E-state index in [0.29, 0.717) is 10.3 Å². The van der Waals surface area contributed by atoms with Crippen molar-refractivity contribution in [2.45, 2.75) is 0 Å². The second kappa shape index (κ2) is 3.22. The Morgan fingerprint density at radius 3 is 2.86 bits per heavy atom. The number of aromatic carboxylic acids is 1. The summed E-state index contributed by atoms with van der Waals surface area (Å²) >= 11 is 1.06. The first kappa shape index (κ1) is 8.89. The molecule has 0 bridgehead atoms. The van der Waals surface area contributed by atoms with Gasteiger partial charge in [0.15, 0.2) is 10.6 Å². The van der Waals surface area contributed by atoms with Crippen molar-refractivity contribution >= 4 is 27.7 Å². The summed E-state index contributed by atoms with van der Waals surface area (Å²) in [6.07, 6.45) is 3.02. The van der Waals surface area contributed by atoms with E-state index in [1.165, 1.54) is 19.5 Å². The fourth-order valence-corrected chi connectivity index (χ4v) is 2.05. The van der Waals surface area contributed by atoms with E-state index in [1.54, 1.807) is 0 Å². The molecule has 0 aliphatic carbocycles. The zero-order valence-electron chi connectivity index (χ0n) is 7.22. The average Bonchev–Trinajstić information content (AvgIpc) is 2.56. The first-order valence-corrected chi connectivity index (χ1v) is 4.56. The van der Waals surface area contributed by atoms with Crippen molar-refractivity contribution in [2.75, 3.05) is 7.11 Å². The van der Waals surface area contributed by atoms with Gasteiger partial charge in [0.2, 0.25) is 0 Å². The summed E-state index contributed by atoms with van der Waals surface area (Å²) in [7, 11) is 1.42. The molecule has 0 aromatic carbocycles. The molecular weight excluding hydrogens is 204 g/mol. The van der Waals surface area contributed by atoms with E-state index in [0.717, 1.165) is 11.3 Å². The van der Waals surface area contributed by atoms with Crippen LogP contribution >= 0.6 is 11.3 Å². The van der Waals surface area contributed by atoms with Gasteiger partial charge < -0.3 is 9.84 Å². The van der Waals surface area contributed by atoms with Crippen molar-refractivity contribution in [1.82, 2.24) is 9.97 Å². The predicted octanol–water partition coefficient (Wildman–Crippen LogP) is 1.40. The lowest BCUT2D eigenvalue weighted by Gasteiger charge is -1.96. The molecule has 14 heavy (non-hydrogen) atoms. The SMILES string of the molecule is COc1c(C(=O)O)sc2nccnc12. The Hall–Kier alpha value is -1.69. The van der Waals surface area contributed by atoms with E-state index in [2.05, 4.69) is 9.97 Å². The predicted molar refractivity (Wildman–Crippen MR) is 50.9 cm³/mol. The molecule has 2 aromatic rings. The van der Waals surface area contributed by atoms with Crippen LogP contribution in [0.4, 0.5) is 0 Å². The van der Waals surface area contributed by atoms with Crippen molar-refractivity contribution in [1.29, 1.82) is 0 Å². The third-order valence-corrected chi connectivity index (χ3v) is 2.74. The maximum atomic E-state index is 10.8. The standard InChI is InChI=1S/C8H6N2O3S/c1-13-5-4-7(10-3-2-9-4)14-6(5)8(11)12/h2-3H,1H3,(H,11,12). The average molecular weight is 210 g/mol. The van der Waals surface area contributed by atoms with Crippen LogP contribution in [0.3, 0.4) is 0 Å². The van der Waals surface area contributed by atoms with Crippen LogP contribution in [0.5, 0.6) is 5.75 Å². The first-order chi connectivity index (χ1) is 6.74. The highest BCUT2D eigenvalue weighted by molar-refractivity contribution is 7.20. The molecule has 0 spiro atoms. The van der Waals surface area contributed by atoms with Gasteiger partial charge in [0.05, 0.1) is 7.11 Å². The van der Waals surface area contributed by atoms with E-state index in [4.69, 9.17) is 9.84 Å². The Labute approximate surface area is 83.0 Å². The number of rotatable bonds is 2. The number of carbonyl (C=O) groups is 1. The highest BCUT2D eigenvalue weighted by Crippen LogP contribution is 2.34. The van der Waals surface area contributed by atoms with Crippen LogP contribution in [0.1, 0.15) is 9.67 Å². The third-order valence-electron chi connectivity index (χ3n) is 1.68. The van der Waals surface area contributed by atoms with Gasteiger partial charge in [-0.05, 0) is 0 Å². The summed E-state index contributed by atoms with van der Waals surface area (Å²) < 4.78 is 4.99. The minimum atomic E-state index is -1.02. The maximum absolute atomic E-state index is 10.8. The molecule has 0 atom stereocenters. The van der Waals surface area contributed by atoms with E-state index in [9.17, 15) is 4.79 Å². The van der Waals surface area contributed by atoms with Gasteiger partial charge in [-0.15, -0.1) is 11.3 Å². The lowest BCUT2D eigenvalue weighted by molar-refractivity contribution is 0.0699. The van der Waals surface area contributed by atoms with Gasteiger partial charge in [-0.25, -0.2) is 14.8 Å². The quantitative estimate of drug-likeness (QED) is 0.811. The molecule has 0 amide bonds. The lowest BCUT2D eigenvalue weighted by Crippen LogP contribution is -1.95. The molecule has 1 N–H and O–H groups in total. The molecule has 0 aliphatic heterocycles. The third kappa shape index (κ3) is 1.20. The maximum Gasteiger partial charge on any atom is 0.349 e. The van der Waals surface area contributed by atoms with Crippen LogP contribution in [0.15, 0.2) is 12.4 Å². The number of thiophene rings is 1. The van der Waals surface area contributed by atoms with Gasteiger partial charge in [-0.3, -0.25) is 0 Å². The number of hydrogen-bond donors (Lipinski definition) is 1. The minimum Gasteiger partial charge on any atom is -0.493 e. The summed E-state index contributed by atoms with van der Waals surface area (Å²) in [6.45, 7) is 0. The van der Waals surface area contributed by atoms with E-state index >= 15 is 0 Å². The van der Waals surface area contributed by atoms with E-state index in [1.807, 2.05) is 0 Å². The van der Waals surface area contributed by atoms with Crippen molar-refractivity contribution in [2.24, 2.45) is 0 Å². The number of fused-ring (bicyclic) bond motifs is 1. The van der Waals surface area contributed by atoms with Gasteiger partial charge >= 0.3 is 5.97 Å². The number of nitrogens with zero attached hydrogens (tertiary/aromatic N) is 2. The molecule has 2 rings (SSSR count). The molecule has 0 saturated heterocycles. The molecule has 2 aromatic heterocycles.